The molecular formula is C34H31CuN4Na3O6-2. The standard InChI is InChI=1S/C34H36N4O6.Cu.3Na/c1-7-19-15(3)23-12-25-17(5)21(9-10-29(39)40)32(37-25)22(11-30(41)42)33-31(34(43)44)18(6)26(38-33)14-28-20(8-2)16(4)24(36-28)13-27(19)35-23;;;;/h7,12-14,17,21H,1,8-11H2,2-6H3,(H5,35,36,37,38,39,40,41,42,43,44);;;;/q;;3*+1/p-5/t17-,21-;;;;/m0..../s1. The summed E-state index contributed by atoms with van der Waals surface area (Å²) in [6.07, 6.45) is 1.46. The molecule has 1 radical (unpaired) electrons. The number of carboxylic acid groups (broad SMARTS) is 3. The first-order chi connectivity index (χ1) is 20.9. The zero-order valence-corrected chi connectivity index (χ0v) is 35.5. The fraction of sp³-hybridized carbons (Fsp3) is 0.324. The molecule has 239 valence electrons. The molecular weight excluding hydrogens is 693 g/mol. The van der Waals surface area contributed by atoms with Gasteiger partial charge in [0.15, 0.2) is 0 Å². The van der Waals surface area contributed by atoms with Gasteiger partial charge in [-0.2, -0.15) is 0 Å². The molecule has 0 unspecified atom stereocenters. The molecule has 5 rings (SSSR count). The maximum absolute atomic E-state index is 12.5. The van der Waals surface area contributed by atoms with Crippen molar-refractivity contribution in [1.82, 2.24) is 19.9 Å². The van der Waals surface area contributed by atoms with Gasteiger partial charge in [-0.15, -0.1) is 22.1 Å². The fourth-order valence-corrected chi connectivity index (χ4v) is 6.34. The minimum atomic E-state index is -1.52. The van der Waals surface area contributed by atoms with Crippen LogP contribution >= 0.6 is 0 Å². The summed E-state index contributed by atoms with van der Waals surface area (Å²) in [4.78, 5) is 55.4. The van der Waals surface area contributed by atoms with E-state index in [0.717, 1.165) is 22.3 Å². The van der Waals surface area contributed by atoms with E-state index in [1.54, 1.807) is 25.1 Å². The summed E-state index contributed by atoms with van der Waals surface area (Å²) in [5.74, 6) is -5.20. The number of carbonyl (C=O) groups excluding carboxylic acids is 3. The van der Waals surface area contributed by atoms with Gasteiger partial charge in [-0.3, -0.25) is 4.98 Å². The summed E-state index contributed by atoms with van der Waals surface area (Å²) in [7, 11) is 0. The Morgan fingerprint density at radius 2 is 1.52 bits per heavy atom. The molecule has 2 aliphatic rings. The summed E-state index contributed by atoms with van der Waals surface area (Å²) < 4.78 is 0. The number of aliphatic carboxylic acids is 2. The predicted octanol–water partition coefficient (Wildman–Crippen LogP) is -7.05. The number of aromatic nitrogens is 4. The van der Waals surface area contributed by atoms with Gasteiger partial charge < -0.3 is 39.7 Å². The third-order valence-corrected chi connectivity index (χ3v) is 8.76. The van der Waals surface area contributed by atoms with Crippen molar-refractivity contribution in [3.63, 3.8) is 0 Å². The molecule has 2 aliphatic heterocycles. The summed E-state index contributed by atoms with van der Waals surface area (Å²) >= 11 is 0. The van der Waals surface area contributed by atoms with E-state index in [4.69, 9.17) is 15.0 Å². The number of fused-ring (bicyclic) bond motifs is 8. The van der Waals surface area contributed by atoms with Crippen molar-refractivity contribution in [2.45, 2.75) is 72.1 Å². The van der Waals surface area contributed by atoms with Gasteiger partial charge in [0, 0.05) is 64.2 Å². The van der Waals surface area contributed by atoms with Gasteiger partial charge in [0.25, 0.3) is 0 Å². The Morgan fingerprint density at radius 3 is 2.08 bits per heavy atom. The maximum Gasteiger partial charge on any atom is 1.00 e. The molecule has 0 fully saturated rings. The average Bonchev–Trinajstić information content (AvgIpc) is 3.63. The van der Waals surface area contributed by atoms with E-state index < -0.39 is 30.2 Å². The molecule has 3 aromatic heterocycles. The molecule has 2 atom stereocenters. The number of rotatable bonds is 8. The van der Waals surface area contributed by atoms with Gasteiger partial charge in [-0.05, 0) is 62.8 Å². The van der Waals surface area contributed by atoms with Gasteiger partial charge in [-0.25, -0.2) is 4.98 Å². The van der Waals surface area contributed by atoms with E-state index in [1.807, 2.05) is 33.8 Å². The Hall–Kier alpha value is -1.47. The van der Waals surface area contributed by atoms with Gasteiger partial charge >= 0.3 is 88.7 Å². The van der Waals surface area contributed by atoms with E-state index in [-0.39, 0.29) is 152 Å². The molecule has 0 aromatic carbocycles. The number of aromatic carboxylic acids is 1. The number of hydrogen-bond acceptors (Lipinski definition) is 8. The van der Waals surface area contributed by atoms with Gasteiger partial charge in [0.2, 0.25) is 0 Å². The van der Waals surface area contributed by atoms with Crippen LogP contribution in [0.5, 0.6) is 0 Å². The second kappa shape index (κ2) is 18.1. The van der Waals surface area contributed by atoms with Crippen molar-refractivity contribution in [2.75, 3.05) is 0 Å². The molecule has 0 aliphatic carbocycles. The van der Waals surface area contributed by atoms with E-state index in [1.165, 1.54) is 0 Å². The van der Waals surface area contributed by atoms with Crippen LogP contribution in [-0.2, 0) is 39.5 Å². The molecule has 0 saturated heterocycles. The number of hydrogen-bond donors (Lipinski definition) is 0. The largest absolute Gasteiger partial charge is 1.00 e. The maximum atomic E-state index is 12.5. The smallest absolute Gasteiger partial charge is 0.657 e. The number of nitrogens with zero attached hydrogens (tertiary/aromatic N) is 4. The monoisotopic (exact) mass is 723 g/mol. The molecule has 0 saturated carbocycles. The van der Waals surface area contributed by atoms with Gasteiger partial charge in [0.1, 0.15) is 0 Å². The normalized spacial score (nSPS) is 14.9. The van der Waals surface area contributed by atoms with Crippen LogP contribution in [0.3, 0.4) is 0 Å². The number of allylic oxidation sites excluding steroid dienone is 3. The second-order valence-corrected chi connectivity index (χ2v) is 11.3. The van der Waals surface area contributed by atoms with Crippen LogP contribution in [0.4, 0.5) is 0 Å². The van der Waals surface area contributed by atoms with Crippen LogP contribution in [0.2, 0.25) is 0 Å². The quantitative estimate of drug-likeness (QED) is 0.203. The van der Waals surface area contributed by atoms with E-state index in [0.29, 0.717) is 40.1 Å². The van der Waals surface area contributed by atoms with Crippen molar-refractivity contribution in [3.8, 4) is 0 Å². The SMILES string of the molecule is C=CC1=C(C)c2cc3nc(c(CC(=O)[O-])c4[n-]c(cc5[n-]c(cc1n2)c(C)c5CC)c(C)c4C(=O)[O-])[C@@H](CCC(=O)[O-])[C@@H]3C.[Cu].[Na+].[Na+].[Na+]. The van der Waals surface area contributed by atoms with Crippen LogP contribution < -0.4 is 114 Å². The van der Waals surface area contributed by atoms with E-state index >= 15 is 0 Å². The molecule has 10 nitrogen and oxygen atoms in total. The first-order valence-electron chi connectivity index (χ1n) is 14.5. The Labute approximate surface area is 356 Å². The second-order valence-electron chi connectivity index (χ2n) is 11.3. The molecule has 48 heavy (non-hydrogen) atoms. The van der Waals surface area contributed by atoms with Gasteiger partial charge in [0.05, 0.1) is 17.4 Å². The third kappa shape index (κ3) is 8.52. The number of carbonyl (C=O) groups is 3. The Morgan fingerprint density at radius 1 is 0.875 bits per heavy atom. The van der Waals surface area contributed by atoms with E-state index in [9.17, 15) is 29.7 Å². The molecule has 5 heterocycles. The fourth-order valence-electron chi connectivity index (χ4n) is 6.34. The van der Waals surface area contributed by atoms with Crippen LogP contribution in [0.25, 0.3) is 33.2 Å². The first kappa shape index (κ1) is 44.6. The zero-order valence-electron chi connectivity index (χ0n) is 28.5. The van der Waals surface area contributed by atoms with Crippen molar-refractivity contribution >= 4 is 51.1 Å². The summed E-state index contributed by atoms with van der Waals surface area (Å²) in [6.45, 7) is 13.3. The van der Waals surface area contributed by atoms with Crippen LogP contribution in [-0.4, -0.2) is 27.9 Å². The zero-order chi connectivity index (χ0) is 32.0. The molecule has 3 aromatic rings. The molecule has 0 N–H and O–H groups in total. The van der Waals surface area contributed by atoms with Crippen LogP contribution in [0.15, 0.2) is 30.9 Å². The minimum absolute atomic E-state index is 0. The first-order valence-corrected chi connectivity index (χ1v) is 14.5. The summed E-state index contributed by atoms with van der Waals surface area (Å²) in [6, 6.07) is 5.38. The van der Waals surface area contributed by atoms with E-state index in [2.05, 4.69) is 11.6 Å². The Kier molecular flexibility index (Phi) is 16.8. The van der Waals surface area contributed by atoms with Gasteiger partial charge in [-0.1, -0.05) is 55.3 Å². The number of aryl methyl sites for hydroxylation is 3. The minimum Gasteiger partial charge on any atom is -0.657 e. The van der Waals surface area contributed by atoms with Crippen molar-refractivity contribution in [3.05, 3.63) is 81.4 Å². The molecule has 0 amide bonds. The van der Waals surface area contributed by atoms with Crippen LogP contribution in [0.1, 0.15) is 101 Å². The third-order valence-electron chi connectivity index (χ3n) is 8.76. The summed E-state index contributed by atoms with van der Waals surface area (Å²) in [5, 5.41) is 36.1. The molecule has 0 spiro atoms. The topological polar surface area (TPSA) is 174 Å². The van der Waals surface area contributed by atoms with Crippen LogP contribution in [0, 0.1) is 13.8 Å². The van der Waals surface area contributed by atoms with Crippen molar-refractivity contribution in [2.24, 2.45) is 0 Å². The average molecular weight is 724 g/mol. The van der Waals surface area contributed by atoms with Crippen molar-refractivity contribution < 1.29 is 135 Å². The number of carboxylic acids is 3. The molecule has 14 heteroatoms. The Balaban J connectivity index is 0.00000288. The molecule has 8 bridgehead atoms. The van der Waals surface area contributed by atoms with Crippen molar-refractivity contribution in [1.29, 1.82) is 0 Å². The predicted molar refractivity (Wildman–Crippen MR) is 159 cm³/mol. The Bertz CT molecular complexity index is 1970. The summed E-state index contributed by atoms with van der Waals surface area (Å²) in [5.41, 5.74) is 7.22.